The summed E-state index contributed by atoms with van der Waals surface area (Å²) in [5.41, 5.74) is 14.7. The van der Waals surface area contributed by atoms with Crippen molar-refractivity contribution in [2.75, 3.05) is 4.90 Å². The maximum Gasteiger partial charge on any atom is 0.136 e. The maximum absolute atomic E-state index is 6.29. The van der Waals surface area contributed by atoms with E-state index < -0.39 is 0 Å². The Hall–Kier alpha value is -6.06. The van der Waals surface area contributed by atoms with Gasteiger partial charge in [0.15, 0.2) is 0 Å². The van der Waals surface area contributed by atoms with Crippen molar-refractivity contribution in [3.05, 3.63) is 169 Å². The van der Waals surface area contributed by atoms with Crippen molar-refractivity contribution in [1.29, 1.82) is 0 Å². The molecular weight excluding hydrogens is 681 g/mol. The molecule has 12 rings (SSSR count). The average Bonchev–Trinajstić information content (AvgIpc) is 3.78. The minimum Gasteiger partial charge on any atom is -0.456 e. The number of aromatic nitrogens is 1. The number of nitrogens with zero attached hydrogens (tertiary/aromatic N) is 2. The van der Waals surface area contributed by atoms with E-state index >= 15 is 0 Å². The Morgan fingerprint density at radius 1 is 0.536 bits per heavy atom. The fourth-order valence-electron chi connectivity index (χ4n) is 12.2. The monoisotopic (exact) mass is 724 g/mol. The van der Waals surface area contributed by atoms with Gasteiger partial charge in [0, 0.05) is 38.3 Å². The molecule has 0 amide bonds. The van der Waals surface area contributed by atoms with Crippen molar-refractivity contribution in [3.63, 3.8) is 0 Å². The van der Waals surface area contributed by atoms with Crippen LogP contribution in [0.1, 0.15) is 50.7 Å². The topological polar surface area (TPSA) is 21.3 Å². The van der Waals surface area contributed by atoms with Gasteiger partial charge in [0.25, 0.3) is 0 Å². The predicted octanol–water partition coefficient (Wildman–Crippen LogP) is 14.5. The lowest BCUT2D eigenvalue weighted by atomic mass is 9.47. The van der Waals surface area contributed by atoms with Crippen molar-refractivity contribution < 1.29 is 4.42 Å². The van der Waals surface area contributed by atoms with E-state index in [2.05, 4.69) is 175 Å². The Kier molecular flexibility index (Phi) is 6.88. The van der Waals surface area contributed by atoms with Crippen LogP contribution in [-0.4, -0.2) is 4.57 Å². The third kappa shape index (κ3) is 4.40. The second-order valence-electron chi connectivity index (χ2n) is 17.1. The summed E-state index contributed by atoms with van der Waals surface area (Å²) in [5, 5.41) is 4.83. The van der Waals surface area contributed by atoms with E-state index in [-0.39, 0.29) is 5.41 Å². The molecule has 0 N–H and O–H groups in total. The smallest absolute Gasteiger partial charge is 0.136 e. The molecule has 0 saturated heterocycles. The molecule has 3 aliphatic rings. The first-order chi connectivity index (χ1) is 27.6. The van der Waals surface area contributed by atoms with Crippen LogP contribution in [0.3, 0.4) is 0 Å². The molecule has 1 unspecified atom stereocenters. The molecule has 1 aliphatic heterocycles. The summed E-state index contributed by atoms with van der Waals surface area (Å²) in [6.07, 6.45) is 5.35. The van der Waals surface area contributed by atoms with Crippen molar-refractivity contribution in [1.82, 2.24) is 4.57 Å². The number of anilines is 3. The number of benzene rings is 7. The Bertz CT molecular complexity index is 2970. The van der Waals surface area contributed by atoms with Crippen LogP contribution in [0.5, 0.6) is 0 Å². The quantitative estimate of drug-likeness (QED) is 0.181. The molecule has 2 aromatic heterocycles. The van der Waals surface area contributed by atoms with Gasteiger partial charge in [-0.3, -0.25) is 0 Å². The number of furan rings is 1. The fraction of sp³-hybridized carbons (Fsp3) is 0.208. The van der Waals surface area contributed by atoms with Crippen LogP contribution < -0.4 is 4.90 Å². The van der Waals surface area contributed by atoms with Crippen LogP contribution >= 0.6 is 0 Å². The van der Waals surface area contributed by atoms with Gasteiger partial charge in [-0.25, -0.2) is 0 Å². The first-order valence-electron chi connectivity index (χ1n) is 20.6. The highest BCUT2D eigenvalue weighted by molar-refractivity contribution is 6.13. The first kappa shape index (κ1) is 32.2. The highest BCUT2D eigenvalue weighted by Crippen LogP contribution is 2.65. The summed E-state index contributed by atoms with van der Waals surface area (Å²) in [6.45, 7) is 5.06. The summed E-state index contributed by atoms with van der Waals surface area (Å²) in [5.74, 6) is 2.86. The van der Waals surface area contributed by atoms with Crippen LogP contribution in [0.15, 0.2) is 162 Å². The van der Waals surface area contributed by atoms with Crippen LogP contribution in [0, 0.1) is 23.7 Å². The van der Waals surface area contributed by atoms with E-state index in [0.717, 1.165) is 39.5 Å². The fourth-order valence-corrected chi connectivity index (χ4v) is 12.2. The second kappa shape index (κ2) is 12.0. The maximum atomic E-state index is 6.29. The van der Waals surface area contributed by atoms with E-state index in [1.807, 2.05) is 6.07 Å². The van der Waals surface area contributed by atoms with Crippen LogP contribution in [-0.2, 0) is 5.41 Å². The first-order valence-corrected chi connectivity index (χ1v) is 20.6. The Morgan fingerprint density at radius 2 is 1.23 bits per heavy atom. The summed E-state index contributed by atoms with van der Waals surface area (Å²) < 4.78 is 8.74. The van der Waals surface area contributed by atoms with Gasteiger partial charge in [-0.1, -0.05) is 111 Å². The van der Waals surface area contributed by atoms with Gasteiger partial charge in [0.2, 0.25) is 0 Å². The van der Waals surface area contributed by atoms with Gasteiger partial charge >= 0.3 is 0 Å². The van der Waals surface area contributed by atoms with Gasteiger partial charge < -0.3 is 13.9 Å². The van der Waals surface area contributed by atoms with Gasteiger partial charge in [0.05, 0.1) is 22.4 Å². The zero-order chi connectivity index (χ0) is 37.1. The van der Waals surface area contributed by atoms with Crippen LogP contribution in [0.2, 0.25) is 0 Å². The number of para-hydroxylation sites is 4. The van der Waals surface area contributed by atoms with Crippen molar-refractivity contribution >= 4 is 60.8 Å². The van der Waals surface area contributed by atoms with E-state index in [4.69, 9.17) is 4.42 Å². The molecule has 3 heteroatoms. The van der Waals surface area contributed by atoms with E-state index in [1.165, 1.54) is 86.8 Å². The predicted molar refractivity (Wildman–Crippen MR) is 233 cm³/mol. The Labute approximate surface area is 327 Å². The van der Waals surface area contributed by atoms with Crippen molar-refractivity contribution in [3.8, 4) is 16.8 Å². The van der Waals surface area contributed by atoms with E-state index in [1.54, 1.807) is 0 Å². The van der Waals surface area contributed by atoms with Crippen LogP contribution in [0.4, 0.5) is 17.1 Å². The third-order valence-corrected chi connectivity index (χ3v) is 14.1. The highest BCUT2D eigenvalue weighted by Gasteiger charge is 2.56. The summed E-state index contributed by atoms with van der Waals surface area (Å²) in [7, 11) is 0. The standard InChI is InChI=1S/C53H44N2O/c1-33-27-35-29-34(2)53(37(28-33)30-35)44-18-5-8-21-48(44)55(49-22-9-6-19-45(49)53)39-25-26-47-43(32-39)41-15-3-7-20-46(41)54(47)38-14-11-13-36(31-38)40-17-12-24-51-52(40)42-16-4-10-23-50(42)56-51/h3-26,31-35,37H,27-30H2,1-2H3/t33-,34+,35-,37?/m0/s1. The SMILES string of the molecule is C[C@@H]1CC2C[C@@H](C1)C[C@@H](C)C21c2ccccc2N(c2ccc3c(c2)c2ccccc2n3-c2cccc(-c3cccc4oc5ccccc5c34)c2)c2ccccc21. The average molecular weight is 725 g/mol. The summed E-state index contributed by atoms with van der Waals surface area (Å²) in [6, 6.07) is 58.6. The minimum absolute atomic E-state index is 0.0209. The largest absolute Gasteiger partial charge is 0.456 e. The molecule has 1 spiro atoms. The number of fused-ring (bicyclic) bond motifs is 13. The summed E-state index contributed by atoms with van der Waals surface area (Å²) in [4.78, 5) is 2.57. The molecule has 0 radical (unpaired) electrons. The number of rotatable bonds is 3. The second-order valence-corrected chi connectivity index (χ2v) is 17.1. The molecular formula is C53H44N2O. The molecule has 272 valence electrons. The summed E-state index contributed by atoms with van der Waals surface area (Å²) >= 11 is 0. The van der Waals surface area contributed by atoms with Gasteiger partial charge in [-0.05, 0) is 132 Å². The highest BCUT2D eigenvalue weighted by atomic mass is 16.3. The number of hydrogen-bond donors (Lipinski definition) is 0. The molecule has 2 bridgehead atoms. The Morgan fingerprint density at radius 3 is 2.07 bits per heavy atom. The molecule has 2 fully saturated rings. The van der Waals surface area contributed by atoms with Gasteiger partial charge in [-0.15, -0.1) is 0 Å². The lowest BCUT2D eigenvalue weighted by Gasteiger charge is -2.58. The molecule has 2 aliphatic carbocycles. The normalized spacial score (nSPS) is 21.2. The lowest BCUT2D eigenvalue weighted by Crippen LogP contribution is -2.52. The molecule has 56 heavy (non-hydrogen) atoms. The molecule has 2 saturated carbocycles. The minimum atomic E-state index is 0.0209. The van der Waals surface area contributed by atoms with Crippen molar-refractivity contribution in [2.24, 2.45) is 23.7 Å². The zero-order valence-corrected chi connectivity index (χ0v) is 32.0. The Balaban J connectivity index is 1.04. The third-order valence-electron chi connectivity index (χ3n) is 14.1. The van der Waals surface area contributed by atoms with Gasteiger partial charge in [-0.2, -0.15) is 0 Å². The lowest BCUT2D eigenvalue weighted by molar-refractivity contribution is 0.0400. The van der Waals surface area contributed by atoms with Crippen molar-refractivity contribution in [2.45, 2.75) is 44.9 Å². The molecule has 3 heterocycles. The number of hydrogen-bond acceptors (Lipinski definition) is 2. The van der Waals surface area contributed by atoms with E-state index in [9.17, 15) is 0 Å². The molecule has 7 aromatic carbocycles. The van der Waals surface area contributed by atoms with E-state index in [0.29, 0.717) is 11.8 Å². The molecule has 3 nitrogen and oxygen atoms in total. The van der Waals surface area contributed by atoms with Crippen LogP contribution in [0.25, 0.3) is 60.6 Å². The zero-order valence-electron chi connectivity index (χ0n) is 32.0. The van der Waals surface area contributed by atoms with Gasteiger partial charge in [0.1, 0.15) is 11.2 Å². The molecule has 4 atom stereocenters. The molecule has 9 aromatic rings.